The Bertz CT molecular complexity index is 326. The molecule has 0 amide bonds. The molecule has 2 aliphatic rings. The Morgan fingerprint density at radius 2 is 2.06 bits per heavy atom. The third-order valence-electron chi connectivity index (χ3n) is 4.48. The molecule has 0 aromatic heterocycles. The smallest absolute Gasteiger partial charge is 0.169 e. The molecule has 1 N–H and O–H groups in total. The summed E-state index contributed by atoms with van der Waals surface area (Å²) in [6.45, 7) is 11.7. The van der Waals surface area contributed by atoms with Gasteiger partial charge in [0, 0.05) is 19.1 Å². The average molecular weight is 268 g/mol. The predicted octanol–water partition coefficient (Wildman–Crippen LogP) is 3.56. The van der Waals surface area contributed by atoms with Crippen molar-refractivity contribution in [3.63, 3.8) is 0 Å². The van der Waals surface area contributed by atoms with Gasteiger partial charge in [0.05, 0.1) is 0 Å². The summed E-state index contributed by atoms with van der Waals surface area (Å²) in [5, 5.41) is 4.44. The number of unbranched alkanes of at least 4 members (excludes halogenated alkanes) is 1. The van der Waals surface area contributed by atoms with Gasteiger partial charge >= 0.3 is 0 Å². The fourth-order valence-corrected chi connectivity index (χ4v) is 4.49. The molecule has 18 heavy (non-hydrogen) atoms. The minimum atomic E-state index is 0.475. The van der Waals surface area contributed by atoms with Crippen LogP contribution in [0.4, 0.5) is 0 Å². The average Bonchev–Trinajstić information content (AvgIpc) is 2.48. The number of hydrogen-bond acceptors (Lipinski definition) is 1. The van der Waals surface area contributed by atoms with Gasteiger partial charge < -0.3 is 10.2 Å². The SMILES string of the molecule is CCCCNC(=S)N1CC2(C)CC1CC(C)(C)C2. The second-order valence-corrected chi connectivity index (χ2v) is 7.81. The van der Waals surface area contributed by atoms with Crippen molar-refractivity contribution >= 4 is 17.3 Å². The van der Waals surface area contributed by atoms with E-state index in [9.17, 15) is 0 Å². The highest BCUT2D eigenvalue weighted by Gasteiger charge is 2.50. The maximum Gasteiger partial charge on any atom is 0.169 e. The minimum absolute atomic E-state index is 0.475. The number of hydrogen-bond donors (Lipinski definition) is 1. The Kier molecular flexibility index (Phi) is 3.91. The third-order valence-corrected chi connectivity index (χ3v) is 4.86. The zero-order chi connectivity index (χ0) is 13.4. The first-order valence-corrected chi connectivity index (χ1v) is 7.81. The lowest BCUT2D eigenvalue weighted by atomic mass is 9.65. The zero-order valence-electron chi connectivity index (χ0n) is 12.4. The Balaban J connectivity index is 1.98. The second-order valence-electron chi connectivity index (χ2n) is 7.43. The monoisotopic (exact) mass is 268 g/mol. The highest BCUT2D eigenvalue weighted by molar-refractivity contribution is 7.80. The van der Waals surface area contributed by atoms with Crippen LogP contribution in [0.5, 0.6) is 0 Å². The quantitative estimate of drug-likeness (QED) is 0.622. The van der Waals surface area contributed by atoms with Gasteiger partial charge in [-0.25, -0.2) is 0 Å². The van der Waals surface area contributed by atoms with Crippen LogP contribution in [0, 0.1) is 10.8 Å². The maximum atomic E-state index is 5.59. The van der Waals surface area contributed by atoms with Gasteiger partial charge in [0.1, 0.15) is 0 Å². The zero-order valence-corrected chi connectivity index (χ0v) is 13.2. The van der Waals surface area contributed by atoms with Crippen LogP contribution in [0.25, 0.3) is 0 Å². The van der Waals surface area contributed by atoms with E-state index in [-0.39, 0.29) is 0 Å². The van der Waals surface area contributed by atoms with Crippen molar-refractivity contribution in [1.29, 1.82) is 0 Å². The molecule has 1 heterocycles. The van der Waals surface area contributed by atoms with Crippen molar-refractivity contribution in [2.75, 3.05) is 13.1 Å². The molecule has 1 saturated heterocycles. The molecule has 2 atom stereocenters. The lowest BCUT2D eigenvalue weighted by Gasteiger charge is -2.39. The van der Waals surface area contributed by atoms with E-state index in [1.165, 1.54) is 32.1 Å². The molecule has 0 aromatic rings. The van der Waals surface area contributed by atoms with E-state index in [0.29, 0.717) is 16.9 Å². The summed E-state index contributed by atoms with van der Waals surface area (Å²) in [5.74, 6) is 0. The molecule has 0 aromatic carbocycles. The first-order chi connectivity index (χ1) is 8.35. The largest absolute Gasteiger partial charge is 0.363 e. The van der Waals surface area contributed by atoms with Crippen LogP contribution < -0.4 is 5.32 Å². The van der Waals surface area contributed by atoms with Gasteiger partial charge in [-0.1, -0.05) is 34.1 Å². The Morgan fingerprint density at radius 3 is 2.72 bits per heavy atom. The molecule has 0 spiro atoms. The molecule has 2 nitrogen and oxygen atoms in total. The van der Waals surface area contributed by atoms with Crippen molar-refractivity contribution in [2.45, 2.75) is 65.8 Å². The highest BCUT2D eigenvalue weighted by atomic mass is 32.1. The fraction of sp³-hybridized carbons (Fsp3) is 0.933. The topological polar surface area (TPSA) is 15.3 Å². The van der Waals surface area contributed by atoms with Gasteiger partial charge in [-0.2, -0.15) is 0 Å². The summed E-state index contributed by atoms with van der Waals surface area (Å²) >= 11 is 5.59. The van der Waals surface area contributed by atoms with Crippen molar-refractivity contribution in [3.8, 4) is 0 Å². The number of nitrogens with one attached hydrogen (secondary N) is 1. The normalized spacial score (nSPS) is 33.6. The Labute approximate surface area is 118 Å². The summed E-state index contributed by atoms with van der Waals surface area (Å²) in [5.41, 5.74) is 0.953. The first kappa shape index (κ1) is 14.1. The van der Waals surface area contributed by atoms with Crippen molar-refractivity contribution in [3.05, 3.63) is 0 Å². The summed E-state index contributed by atoms with van der Waals surface area (Å²) < 4.78 is 0. The van der Waals surface area contributed by atoms with Gasteiger partial charge in [-0.15, -0.1) is 0 Å². The molecule has 2 rings (SSSR count). The summed E-state index contributed by atoms with van der Waals surface area (Å²) in [4.78, 5) is 2.47. The van der Waals surface area contributed by atoms with E-state index in [4.69, 9.17) is 12.2 Å². The Morgan fingerprint density at radius 1 is 1.33 bits per heavy atom. The number of rotatable bonds is 3. The summed E-state index contributed by atoms with van der Waals surface area (Å²) in [7, 11) is 0. The molecule has 2 fully saturated rings. The van der Waals surface area contributed by atoms with Gasteiger partial charge in [0.15, 0.2) is 5.11 Å². The molecule has 1 aliphatic heterocycles. The van der Waals surface area contributed by atoms with Crippen LogP contribution in [0.15, 0.2) is 0 Å². The molecule has 104 valence electrons. The number of fused-ring (bicyclic) bond motifs is 2. The summed E-state index contributed by atoms with van der Waals surface area (Å²) in [6, 6.07) is 0.667. The van der Waals surface area contributed by atoms with Crippen LogP contribution in [0.1, 0.15) is 59.8 Å². The molecular formula is C15H28N2S. The van der Waals surface area contributed by atoms with E-state index < -0.39 is 0 Å². The number of thiocarbonyl (C=S) groups is 1. The van der Waals surface area contributed by atoms with Crippen LogP contribution in [0.2, 0.25) is 0 Å². The minimum Gasteiger partial charge on any atom is -0.363 e. The molecule has 3 heteroatoms. The summed E-state index contributed by atoms with van der Waals surface area (Å²) in [6.07, 6.45) is 6.39. The van der Waals surface area contributed by atoms with E-state index >= 15 is 0 Å². The van der Waals surface area contributed by atoms with E-state index in [1.807, 2.05) is 0 Å². The molecule has 1 aliphatic carbocycles. The van der Waals surface area contributed by atoms with Crippen LogP contribution in [-0.4, -0.2) is 29.1 Å². The predicted molar refractivity (Wildman–Crippen MR) is 81.7 cm³/mol. The lowest BCUT2D eigenvalue weighted by Crippen LogP contribution is -2.43. The molecule has 2 bridgehead atoms. The van der Waals surface area contributed by atoms with Crippen LogP contribution in [0.3, 0.4) is 0 Å². The first-order valence-electron chi connectivity index (χ1n) is 7.40. The van der Waals surface area contributed by atoms with Crippen molar-refractivity contribution < 1.29 is 0 Å². The van der Waals surface area contributed by atoms with Gasteiger partial charge in [0.2, 0.25) is 0 Å². The lowest BCUT2D eigenvalue weighted by molar-refractivity contribution is 0.132. The Hall–Kier alpha value is -0.310. The molecule has 0 radical (unpaired) electrons. The van der Waals surface area contributed by atoms with Gasteiger partial charge in [-0.3, -0.25) is 0 Å². The van der Waals surface area contributed by atoms with E-state index in [1.54, 1.807) is 0 Å². The molecule has 1 saturated carbocycles. The van der Waals surface area contributed by atoms with Gasteiger partial charge in [-0.05, 0) is 48.7 Å². The van der Waals surface area contributed by atoms with Gasteiger partial charge in [0.25, 0.3) is 0 Å². The van der Waals surface area contributed by atoms with Crippen molar-refractivity contribution in [1.82, 2.24) is 10.2 Å². The fourth-order valence-electron chi connectivity index (χ4n) is 4.17. The molecular weight excluding hydrogens is 240 g/mol. The second kappa shape index (κ2) is 4.99. The highest BCUT2D eigenvalue weighted by Crippen LogP contribution is 2.52. The molecule has 2 unspecified atom stereocenters. The van der Waals surface area contributed by atoms with Crippen LogP contribution in [-0.2, 0) is 0 Å². The number of nitrogens with zero attached hydrogens (tertiary/aromatic N) is 1. The van der Waals surface area contributed by atoms with E-state index in [2.05, 4.69) is 37.9 Å². The standard InChI is InChI=1S/C15H28N2S/c1-5-6-7-16-13(18)17-11-15(4)9-12(17)8-14(2,3)10-15/h12H,5-11H2,1-4H3,(H,16,18). The van der Waals surface area contributed by atoms with Crippen LogP contribution >= 0.6 is 12.2 Å². The number of likely N-dealkylation sites (tertiary alicyclic amines) is 1. The maximum absolute atomic E-state index is 5.59. The van der Waals surface area contributed by atoms with Crippen molar-refractivity contribution in [2.24, 2.45) is 10.8 Å². The van der Waals surface area contributed by atoms with E-state index in [0.717, 1.165) is 18.2 Å². The third kappa shape index (κ3) is 2.98.